The first-order valence-corrected chi connectivity index (χ1v) is 13.6. The molecule has 4 aromatic rings. The summed E-state index contributed by atoms with van der Waals surface area (Å²) < 4.78 is 69.3. The monoisotopic (exact) mass is 610 g/mol. The van der Waals surface area contributed by atoms with E-state index in [1.807, 2.05) is 0 Å². The van der Waals surface area contributed by atoms with Gasteiger partial charge in [-0.1, -0.05) is 6.07 Å². The van der Waals surface area contributed by atoms with E-state index in [0.717, 1.165) is 18.2 Å². The fraction of sp³-hybridized carbons (Fsp3) is 0.290. The van der Waals surface area contributed by atoms with Crippen molar-refractivity contribution in [3.05, 3.63) is 83.4 Å². The maximum Gasteiger partial charge on any atom is 0.424 e. The molecular weight excluding hydrogens is 584 g/mol. The summed E-state index contributed by atoms with van der Waals surface area (Å²) in [6.07, 6.45) is -2.63. The van der Waals surface area contributed by atoms with Crippen LogP contribution in [0, 0.1) is 11.7 Å². The van der Waals surface area contributed by atoms with Gasteiger partial charge in [0.2, 0.25) is 11.5 Å². The highest BCUT2D eigenvalue weighted by Gasteiger charge is 2.60. The van der Waals surface area contributed by atoms with E-state index >= 15 is 0 Å². The molecule has 1 fully saturated rings. The Balaban J connectivity index is 1.45. The predicted molar refractivity (Wildman–Crippen MR) is 149 cm³/mol. The van der Waals surface area contributed by atoms with E-state index in [1.165, 1.54) is 37.6 Å². The lowest BCUT2D eigenvalue weighted by atomic mass is 9.76. The normalized spacial score (nSPS) is 19.1. The van der Waals surface area contributed by atoms with E-state index in [2.05, 4.69) is 15.3 Å². The first kappa shape index (κ1) is 29.3. The third-order valence-corrected chi connectivity index (χ3v) is 8.28. The number of ether oxygens (including phenoxy) is 2. The van der Waals surface area contributed by atoms with Crippen molar-refractivity contribution < 1.29 is 41.7 Å². The second-order valence-electron chi connectivity index (χ2n) is 10.9. The van der Waals surface area contributed by atoms with Crippen molar-refractivity contribution in [3.8, 4) is 22.8 Å². The Morgan fingerprint density at radius 1 is 1.16 bits per heavy atom. The summed E-state index contributed by atoms with van der Waals surface area (Å²) in [4.78, 5) is 34.4. The zero-order valence-corrected chi connectivity index (χ0v) is 23.2. The van der Waals surface area contributed by atoms with Gasteiger partial charge >= 0.3 is 6.18 Å². The molecule has 3 heterocycles. The van der Waals surface area contributed by atoms with E-state index in [-0.39, 0.29) is 46.4 Å². The number of nitrogens with one attached hydrogen (secondary N) is 1. The summed E-state index contributed by atoms with van der Waals surface area (Å²) in [5.41, 5.74) is 0.285. The number of aliphatic hydroxyl groups is 1. The number of hydrogen-bond acceptors (Lipinski definition) is 7. The first-order chi connectivity index (χ1) is 20.9. The van der Waals surface area contributed by atoms with Crippen LogP contribution in [-0.2, 0) is 15.8 Å². The molecule has 0 radical (unpaired) electrons. The molecule has 9 nitrogen and oxygen atoms in total. The molecule has 2 atom stereocenters. The molecule has 44 heavy (non-hydrogen) atoms. The van der Waals surface area contributed by atoms with Crippen LogP contribution in [0.1, 0.15) is 34.5 Å². The Kier molecular flexibility index (Phi) is 6.95. The number of fused-ring (bicyclic) bond motifs is 2. The maximum absolute atomic E-state index is 14.8. The molecule has 0 unspecified atom stereocenters. The summed E-state index contributed by atoms with van der Waals surface area (Å²) in [5, 5.41) is 14.0. The average molecular weight is 611 g/mol. The lowest BCUT2D eigenvalue weighted by Crippen LogP contribution is -2.52. The van der Waals surface area contributed by atoms with Crippen LogP contribution in [0.5, 0.6) is 11.5 Å². The van der Waals surface area contributed by atoms with Crippen LogP contribution in [0.3, 0.4) is 0 Å². The summed E-state index contributed by atoms with van der Waals surface area (Å²) in [6, 6.07) is 11.8. The Hall–Kier alpha value is -4.78. The quantitative estimate of drug-likeness (QED) is 0.255. The van der Waals surface area contributed by atoms with Gasteiger partial charge in [-0.3, -0.25) is 14.6 Å². The molecule has 2 aromatic heterocycles. The smallest absolute Gasteiger partial charge is 0.424 e. The van der Waals surface area contributed by atoms with Crippen LogP contribution in [0.25, 0.3) is 22.2 Å². The molecule has 1 aliphatic carbocycles. The highest BCUT2D eigenvalue weighted by Crippen LogP contribution is 2.56. The van der Waals surface area contributed by atoms with Gasteiger partial charge in [0.1, 0.15) is 40.5 Å². The van der Waals surface area contributed by atoms with Gasteiger partial charge in [0, 0.05) is 28.3 Å². The SMILES string of the molecule is COc1cc(C(=O)NC[C@](O)(c2cc3c(c(-c4ccc(F)cc4)n2)OC[C@]3(C(N)=O)C2CC2)C(F)(F)F)cc2cccnc12. The van der Waals surface area contributed by atoms with Crippen molar-refractivity contribution in [2.45, 2.75) is 30.0 Å². The van der Waals surface area contributed by atoms with Crippen molar-refractivity contribution in [1.29, 1.82) is 0 Å². The van der Waals surface area contributed by atoms with Crippen molar-refractivity contribution >= 4 is 22.7 Å². The highest BCUT2D eigenvalue weighted by atomic mass is 19.4. The van der Waals surface area contributed by atoms with Crippen molar-refractivity contribution in [2.24, 2.45) is 11.7 Å². The predicted octanol–water partition coefficient (Wildman–Crippen LogP) is 4.15. The molecule has 228 valence electrons. The van der Waals surface area contributed by atoms with Crippen molar-refractivity contribution in [1.82, 2.24) is 15.3 Å². The van der Waals surface area contributed by atoms with Gasteiger partial charge in [0.15, 0.2) is 0 Å². The third kappa shape index (κ3) is 4.67. The molecule has 4 N–H and O–H groups in total. The number of nitrogens with two attached hydrogens (primary N) is 1. The van der Waals surface area contributed by atoms with Gasteiger partial charge in [-0.15, -0.1) is 0 Å². The standard InChI is InChI=1S/C31H26F4N4O5/c1-43-22-12-18(11-17-3-2-10-37-24(17)22)27(40)38-14-30(42,31(33,34)35)23-13-21-26(25(39-23)16-4-8-20(32)9-5-16)44-15-29(21,28(36)41)19-6-7-19/h2-5,8-13,19,42H,6-7,14-15H2,1H3,(H2,36,41)(H,38,40)/t29-,30-/m0/s1. The van der Waals surface area contributed by atoms with E-state index in [9.17, 15) is 32.3 Å². The molecular formula is C31H26F4N4O5. The number of hydrogen-bond donors (Lipinski definition) is 3. The van der Waals surface area contributed by atoms with E-state index in [1.54, 1.807) is 12.1 Å². The number of carbonyl (C=O) groups is 2. The summed E-state index contributed by atoms with van der Waals surface area (Å²) in [5.74, 6) is -2.34. The largest absolute Gasteiger partial charge is 0.494 e. The van der Waals surface area contributed by atoms with E-state index in [0.29, 0.717) is 23.7 Å². The summed E-state index contributed by atoms with van der Waals surface area (Å²) >= 11 is 0. The highest BCUT2D eigenvalue weighted by molar-refractivity contribution is 6.00. The lowest BCUT2D eigenvalue weighted by molar-refractivity contribution is -0.265. The number of amides is 2. The number of rotatable bonds is 8. The van der Waals surface area contributed by atoms with Crippen molar-refractivity contribution in [3.63, 3.8) is 0 Å². The number of pyridine rings is 2. The maximum atomic E-state index is 14.8. The number of methoxy groups -OCH3 is 1. The molecule has 1 saturated carbocycles. The van der Waals surface area contributed by atoms with Gasteiger partial charge in [-0.25, -0.2) is 9.37 Å². The Bertz CT molecular complexity index is 1790. The van der Waals surface area contributed by atoms with E-state index < -0.39 is 47.1 Å². The number of benzene rings is 2. The number of aromatic nitrogens is 2. The summed E-state index contributed by atoms with van der Waals surface area (Å²) in [7, 11) is 1.36. The van der Waals surface area contributed by atoms with Gasteiger partial charge in [0.25, 0.3) is 5.91 Å². The molecule has 2 aromatic carbocycles. The Labute approximate surface area is 248 Å². The van der Waals surface area contributed by atoms with Crippen LogP contribution < -0.4 is 20.5 Å². The van der Waals surface area contributed by atoms with Crippen LogP contribution >= 0.6 is 0 Å². The van der Waals surface area contributed by atoms with Gasteiger partial charge in [-0.2, -0.15) is 13.2 Å². The number of alkyl halides is 3. The first-order valence-electron chi connectivity index (χ1n) is 13.6. The number of primary amides is 1. The summed E-state index contributed by atoms with van der Waals surface area (Å²) in [6.45, 7) is -1.55. The fourth-order valence-electron chi connectivity index (χ4n) is 5.70. The molecule has 0 bridgehead atoms. The van der Waals surface area contributed by atoms with Crippen LogP contribution in [0.4, 0.5) is 17.6 Å². The fourth-order valence-corrected chi connectivity index (χ4v) is 5.70. The number of carbonyl (C=O) groups excluding carboxylic acids is 2. The molecule has 13 heteroatoms. The van der Waals surface area contributed by atoms with Gasteiger partial charge in [0.05, 0.1) is 19.3 Å². The van der Waals surface area contributed by atoms with Gasteiger partial charge in [-0.05, 0) is 67.3 Å². The zero-order valence-electron chi connectivity index (χ0n) is 23.2. The second kappa shape index (κ2) is 10.4. The molecule has 1 aliphatic heterocycles. The Morgan fingerprint density at radius 3 is 2.52 bits per heavy atom. The van der Waals surface area contributed by atoms with E-state index in [4.69, 9.17) is 15.2 Å². The second-order valence-corrected chi connectivity index (χ2v) is 10.9. The number of halogens is 4. The van der Waals surface area contributed by atoms with Crippen LogP contribution in [0.2, 0.25) is 0 Å². The molecule has 6 rings (SSSR count). The topological polar surface area (TPSA) is 137 Å². The average Bonchev–Trinajstić information content (AvgIpc) is 3.78. The minimum absolute atomic E-state index is 0.0245. The minimum atomic E-state index is -5.35. The molecule has 0 spiro atoms. The number of nitrogens with zero attached hydrogens (tertiary/aromatic N) is 2. The zero-order chi connectivity index (χ0) is 31.4. The lowest BCUT2D eigenvalue weighted by Gasteiger charge is -2.32. The molecule has 2 amide bonds. The van der Waals surface area contributed by atoms with Crippen LogP contribution in [-0.4, -0.2) is 53.3 Å². The third-order valence-electron chi connectivity index (χ3n) is 8.28. The molecule has 0 saturated heterocycles. The van der Waals surface area contributed by atoms with Gasteiger partial charge < -0.3 is 25.6 Å². The minimum Gasteiger partial charge on any atom is -0.494 e. The van der Waals surface area contributed by atoms with Crippen molar-refractivity contribution in [2.75, 3.05) is 20.3 Å². The van der Waals surface area contributed by atoms with Crippen LogP contribution in [0.15, 0.2) is 60.8 Å². The Morgan fingerprint density at radius 2 is 1.89 bits per heavy atom. The molecule has 2 aliphatic rings.